The SMILES string of the molecule is Cc1c(C)c(C)c2c(C#Cc3c(C)c(C)c(C)c4c(C)c(C)c(C)c(C)c34)c(C)c(C)c(C)c2c1C. The molecule has 0 unspecified atom stereocenters. The lowest BCUT2D eigenvalue weighted by Gasteiger charge is -2.22. The van der Waals surface area contributed by atoms with Crippen molar-refractivity contribution in [3.63, 3.8) is 0 Å². The fourth-order valence-corrected chi connectivity index (χ4v) is 6.31. The highest BCUT2D eigenvalue weighted by atomic mass is 14.2. The fourth-order valence-electron chi connectivity index (χ4n) is 6.31. The second-order valence-corrected chi connectivity index (χ2v) is 11.2. The van der Waals surface area contributed by atoms with Gasteiger partial charge in [0.05, 0.1) is 0 Å². The summed E-state index contributed by atoms with van der Waals surface area (Å²) in [6, 6.07) is 0. The maximum absolute atomic E-state index is 3.77. The van der Waals surface area contributed by atoms with Crippen LogP contribution in [0.1, 0.15) is 89.0 Å². The van der Waals surface area contributed by atoms with E-state index in [2.05, 4.69) is 109 Å². The maximum atomic E-state index is 3.77. The molecule has 0 saturated carbocycles. The lowest BCUT2D eigenvalue weighted by molar-refractivity contribution is 1.21. The van der Waals surface area contributed by atoms with E-state index in [9.17, 15) is 0 Å². The van der Waals surface area contributed by atoms with Crippen molar-refractivity contribution >= 4 is 21.5 Å². The minimum atomic E-state index is 1.20. The average Bonchev–Trinajstić information content (AvgIpc) is 2.85. The zero-order chi connectivity index (χ0) is 27.0. The van der Waals surface area contributed by atoms with E-state index < -0.39 is 0 Å². The van der Waals surface area contributed by atoms with Crippen molar-refractivity contribution in [2.75, 3.05) is 0 Å². The van der Waals surface area contributed by atoms with Gasteiger partial charge in [-0.3, -0.25) is 0 Å². The van der Waals surface area contributed by atoms with Crippen LogP contribution in [0.4, 0.5) is 0 Å². The molecule has 186 valence electrons. The predicted octanol–water partition coefficient (Wildman–Crippen LogP) is 9.71. The molecule has 0 spiro atoms. The van der Waals surface area contributed by atoms with Gasteiger partial charge < -0.3 is 0 Å². The molecule has 0 aromatic heterocycles. The molecule has 4 aromatic carbocycles. The van der Waals surface area contributed by atoms with Crippen molar-refractivity contribution in [1.29, 1.82) is 0 Å². The molecule has 0 radical (unpaired) electrons. The summed E-state index contributed by atoms with van der Waals surface area (Å²) < 4.78 is 0. The molecule has 0 bridgehead atoms. The first kappa shape index (κ1) is 26.0. The summed E-state index contributed by atoms with van der Waals surface area (Å²) in [6.45, 7) is 31.7. The van der Waals surface area contributed by atoms with Crippen LogP contribution in [0.15, 0.2) is 0 Å². The van der Waals surface area contributed by atoms with Crippen LogP contribution in [-0.2, 0) is 0 Å². The minimum absolute atomic E-state index is 1.20. The molecule has 4 rings (SSSR count). The first-order valence-electron chi connectivity index (χ1n) is 13.2. The van der Waals surface area contributed by atoms with Crippen LogP contribution in [0.3, 0.4) is 0 Å². The van der Waals surface area contributed by atoms with Crippen molar-refractivity contribution < 1.29 is 0 Å². The second kappa shape index (κ2) is 8.81. The highest BCUT2D eigenvalue weighted by molar-refractivity contribution is 6.01. The Labute approximate surface area is 219 Å². The van der Waals surface area contributed by atoms with Crippen LogP contribution in [0.2, 0.25) is 0 Å². The van der Waals surface area contributed by atoms with Gasteiger partial charge in [0.15, 0.2) is 0 Å². The molecule has 4 aromatic rings. The van der Waals surface area contributed by atoms with E-state index in [-0.39, 0.29) is 0 Å². The molecule has 0 aliphatic rings. The van der Waals surface area contributed by atoms with Crippen LogP contribution in [-0.4, -0.2) is 0 Å². The molecule has 36 heavy (non-hydrogen) atoms. The molecule has 0 saturated heterocycles. The Morgan fingerprint density at radius 3 is 0.667 bits per heavy atom. The van der Waals surface area contributed by atoms with Gasteiger partial charge in [-0.25, -0.2) is 0 Å². The van der Waals surface area contributed by atoms with E-state index in [0.29, 0.717) is 0 Å². The fraction of sp³-hybridized carbons (Fsp3) is 0.389. The summed E-state index contributed by atoms with van der Waals surface area (Å²) in [5.74, 6) is 7.53. The third kappa shape index (κ3) is 3.43. The van der Waals surface area contributed by atoms with E-state index in [1.54, 1.807) is 0 Å². The number of hydrogen-bond acceptors (Lipinski definition) is 0. The lowest BCUT2D eigenvalue weighted by atomic mass is 9.82. The summed E-state index contributed by atoms with van der Waals surface area (Å²) in [6.07, 6.45) is 0. The first-order chi connectivity index (χ1) is 16.7. The van der Waals surface area contributed by atoms with Gasteiger partial charge in [0, 0.05) is 21.9 Å². The van der Waals surface area contributed by atoms with E-state index in [4.69, 9.17) is 0 Å². The van der Waals surface area contributed by atoms with E-state index in [0.717, 1.165) is 0 Å². The van der Waals surface area contributed by atoms with E-state index >= 15 is 0 Å². The molecule has 0 atom stereocenters. The van der Waals surface area contributed by atoms with Crippen LogP contribution in [0.5, 0.6) is 0 Å². The summed E-state index contributed by atoms with van der Waals surface area (Å²) in [5, 5.41) is 5.47. The summed E-state index contributed by atoms with van der Waals surface area (Å²) >= 11 is 0. The summed E-state index contributed by atoms with van der Waals surface area (Å²) in [4.78, 5) is 0. The standard InChI is InChI=1S/C36H42/c1-17-19(3)29(13)35-31(23(7)21(5)27(11)33(35)25(17)9)15-16-32-24(8)22(6)28(12)34-26(10)18(2)20(4)30(14)36(32)34/h1-14H3. The van der Waals surface area contributed by atoms with Crippen LogP contribution in [0, 0.1) is 109 Å². The summed E-state index contributed by atoms with van der Waals surface area (Å²) in [5.41, 5.74) is 21.6. The number of benzene rings is 4. The Kier molecular flexibility index (Phi) is 6.37. The van der Waals surface area contributed by atoms with E-state index in [1.807, 2.05) is 0 Å². The Morgan fingerprint density at radius 2 is 0.417 bits per heavy atom. The van der Waals surface area contributed by atoms with E-state index in [1.165, 1.54) is 111 Å². The van der Waals surface area contributed by atoms with Gasteiger partial charge in [-0.05, 0) is 186 Å². The Hall–Kier alpha value is -3.04. The topological polar surface area (TPSA) is 0 Å². The largest absolute Gasteiger partial charge is 0.0607 e. The van der Waals surface area contributed by atoms with Gasteiger partial charge in [-0.2, -0.15) is 0 Å². The average molecular weight is 475 g/mol. The molecule has 0 aliphatic carbocycles. The highest BCUT2D eigenvalue weighted by Gasteiger charge is 2.20. The first-order valence-corrected chi connectivity index (χ1v) is 13.2. The van der Waals surface area contributed by atoms with Crippen LogP contribution in [0.25, 0.3) is 21.5 Å². The number of fused-ring (bicyclic) bond motifs is 2. The third-order valence-corrected chi connectivity index (χ3v) is 9.94. The van der Waals surface area contributed by atoms with Gasteiger partial charge >= 0.3 is 0 Å². The molecule has 0 heterocycles. The van der Waals surface area contributed by atoms with Gasteiger partial charge in [0.25, 0.3) is 0 Å². The quantitative estimate of drug-likeness (QED) is 0.222. The van der Waals surface area contributed by atoms with Crippen molar-refractivity contribution in [3.8, 4) is 11.8 Å². The zero-order valence-electron chi connectivity index (χ0n) is 25.0. The maximum Gasteiger partial charge on any atom is 0.0362 e. The molecule has 0 amide bonds. The number of hydrogen-bond donors (Lipinski definition) is 0. The van der Waals surface area contributed by atoms with Crippen molar-refractivity contribution in [2.24, 2.45) is 0 Å². The van der Waals surface area contributed by atoms with Gasteiger partial charge in [-0.15, -0.1) is 0 Å². The molecule has 0 nitrogen and oxygen atoms in total. The minimum Gasteiger partial charge on any atom is -0.0607 e. The van der Waals surface area contributed by atoms with Gasteiger partial charge in [0.2, 0.25) is 0 Å². The second-order valence-electron chi connectivity index (χ2n) is 11.2. The lowest BCUT2D eigenvalue weighted by Crippen LogP contribution is -2.03. The van der Waals surface area contributed by atoms with Crippen LogP contribution >= 0.6 is 0 Å². The Morgan fingerprint density at radius 1 is 0.222 bits per heavy atom. The summed E-state index contributed by atoms with van der Waals surface area (Å²) in [7, 11) is 0. The molecule has 0 fully saturated rings. The Bertz CT molecular complexity index is 1550. The zero-order valence-corrected chi connectivity index (χ0v) is 25.0. The normalized spacial score (nSPS) is 11.4. The third-order valence-electron chi connectivity index (χ3n) is 9.94. The van der Waals surface area contributed by atoms with Crippen molar-refractivity contribution in [1.82, 2.24) is 0 Å². The molecular weight excluding hydrogens is 432 g/mol. The smallest absolute Gasteiger partial charge is 0.0362 e. The number of rotatable bonds is 0. The van der Waals surface area contributed by atoms with Gasteiger partial charge in [-0.1, -0.05) is 11.8 Å². The van der Waals surface area contributed by atoms with Gasteiger partial charge in [0.1, 0.15) is 0 Å². The van der Waals surface area contributed by atoms with Crippen molar-refractivity contribution in [3.05, 3.63) is 89.0 Å². The predicted molar refractivity (Wildman–Crippen MR) is 160 cm³/mol. The highest BCUT2D eigenvalue weighted by Crippen LogP contribution is 2.39. The molecule has 0 N–H and O–H groups in total. The molecular formula is C36H42. The van der Waals surface area contributed by atoms with Crippen molar-refractivity contribution in [2.45, 2.75) is 96.9 Å². The molecule has 0 aliphatic heterocycles. The molecule has 0 heteroatoms. The Balaban J connectivity index is 2.22. The monoisotopic (exact) mass is 474 g/mol. The number of aryl methyl sites for hydroxylation is 6. The van der Waals surface area contributed by atoms with Crippen LogP contribution < -0.4 is 0 Å².